The number of nitrogens with one attached hydrogen (secondary N) is 1. The topological polar surface area (TPSA) is 24.9 Å². The zero-order valence-electron chi connectivity index (χ0n) is 10.8. The fraction of sp³-hybridized carbons (Fsp3) is 0.188. The van der Waals surface area contributed by atoms with Gasteiger partial charge in [-0.2, -0.15) is 0 Å². The van der Waals surface area contributed by atoms with Crippen LogP contribution in [0.5, 0.6) is 0 Å². The van der Waals surface area contributed by atoms with E-state index in [9.17, 15) is 0 Å². The lowest BCUT2D eigenvalue weighted by Gasteiger charge is -2.12. The van der Waals surface area contributed by atoms with Gasteiger partial charge < -0.3 is 5.32 Å². The van der Waals surface area contributed by atoms with Crippen molar-refractivity contribution in [3.8, 4) is 0 Å². The van der Waals surface area contributed by atoms with Gasteiger partial charge in [0.2, 0.25) is 0 Å². The second-order valence-electron chi connectivity index (χ2n) is 4.68. The molecule has 0 saturated heterocycles. The number of hydrogen-bond donors (Lipinski definition) is 1. The number of fused-ring (bicyclic) bond motifs is 1. The molecule has 2 aromatic heterocycles. The molecule has 0 aliphatic carbocycles. The second-order valence-corrected chi connectivity index (χ2v) is 5.65. The Morgan fingerprint density at radius 2 is 2.16 bits per heavy atom. The molecule has 0 bridgehead atoms. The van der Waals surface area contributed by atoms with Crippen LogP contribution >= 0.6 is 11.3 Å². The van der Waals surface area contributed by atoms with Crippen LogP contribution in [0, 0.1) is 0 Å². The van der Waals surface area contributed by atoms with Gasteiger partial charge in [-0.3, -0.25) is 4.98 Å². The standard InChI is InChI=1S/C16H16N2S/c1-12(16-3-2-8-19-16)18-10-13-4-5-15-11-17-7-6-14(15)9-13/h2-9,11-12,18H,10H2,1H3/t12-/m0/s1. The van der Waals surface area contributed by atoms with Crippen LogP contribution < -0.4 is 5.32 Å². The molecule has 3 heteroatoms. The summed E-state index contributed by atoms with van der Waals surface area (Å²) in [5.41, 5.74) is 1.31. The molecule has 0 spiro atoms. The molecule has 1 aromatic carbocycles. The van der Waals surface area contributed by atoms with Gasteiger partial charge in [-0.15, -0.1) is 11.3 Å². The molecule has 0 fully saturated rings. The van der Waals surface area contributed by atoms with Crippen molar-refractivity contribution < 1.29 is 0 Å². The van der Waals surface area contributed by atoms with E-state index in [1.807, 2.05) is 12.4 Å². The van der Waals surface area contributed by atoms with Crippen LogP contribution in [0.1, 0.15) is 23.4 Å². The van der Waals surface area contributed by atoms with Crippen molar-refractivity contribution >= 4 is 22.1 Å². The Balaban J connectivity index is 1.71. The molecule has 2 nitrogen and oxygen atoms in total. The number of rotatable bonds is 4. The summed E-state index contributed by atoms with van der Waals surface area (Å²) in [6.45, 7) is 3.09. The predicted molar refractivity (Wildman–Crippen MR) is 81.3 cm³/mol. The van der Waals surface area contributed by atoms with Crippen LogP contribution in [-0.2, 0) is 6.54 Å². The summed E-state index contributed by atoms with van der Waals surface area (Å²) in [6.07, 6.45) is 3.74. The number of pyridine rings is 1. The molecular weight excluding hydrogens is 252 g/mol. The van der Waals surface area contributed by atoms with Crippen LogP contribution in [-0.4, -0.2) is 4.98 Å². The first-order valence-corrected chi connectivity index (χ1v) is 7.30. The van der Waals surface area contributed by atoms with Crippen molar-refractivity contribution in [3.05, 3.63) is 64.6 Å². The summed E-state index contributed by atoms with van der Waals surface area (Å²) >= 11 is 1.80. The van der Waals surface area contributed by atoms with E-state index in [0.717, 1.165) is 6.54 Å². The average molecular weight is 268 g/mol. The lowest BCUT2D eigenvalue weighted by molar-refractivity contribution is 0.583. The maximum absolute atomic E-state index is 4.14. The Hall–Kier alpha value is -1.71. The molecule has 0 aliphatic rings. The van der Waals surface area contributed by atoms with E-state index in [-0.39, 0.29) is 0 Å². The fourth-order valence-corrected chi connectivity index (χ4v) is 2.91. The Morgan fingerprint density at radius 3 is 3.00 bits per heavy atom. The molecule has 1 N–H and O–H groups in total. The highest BCUT2D eigenvalue weighted by Gasteiger charge is 2.05. The third-order valence-electron chi connectivity index (χ3n) is 3.29. The van der Waals surface area contributed by atoms with Gasteiger partial charge in [0, 0.05) is 35.2 Å². The summed E-state index contributed by atoms with van der Waals surface area (Å²) in [5.74, 6) is 0. The minimum Gasteiger partial charge on any atom is -0.305 e. The van der Waals surface area contributed by atoms with Crippen LogP contribution in [0.3, 0.4) is 0 Å². The highest BCUT2D eigenvalue weighted by atomic mass is 32.1. The zero-order chi connectivity index (χ0) is 13.1. The van der Waals surface area contributed by atoms with Gasteiger partial charge in [0.25, 0.3) is 0 Å². The van der Waals surface area contributed by atoms with Crippen molar-refractivity contribution in [2.24, 2.45) is 0 Å². The monoisotopic (exact) mass is 268 g/mol. The first kappa shape index (κ1) is 12.3. The molecule has 0 amide bonds. The van der Waals surface area contributed by atoms with E-state index in [0.29, 0.717) is 6.04 Å². The lowest BCUT2D eigenvalue weighted by atomic mass is 10.1. The van der Waals surface area contributed by atoms with Crippen molar-refractivity contribution in [1.29, 1.82) is 0 Å². The lowest BCUT2D eigenvalue weighted by Crippen LogP contribution is -2.17. The molecule has 0 radical (unpaired) electrons. The minimum absolute atomic E-state index is 0.396. The van der Waals surface area contributed by atoms with E-state index in [4.69, 9.17) is 0 Å². The average Bonchev–Trinajstić information content (AvgIpc) is 2.99. The van der Waals surface area contributed by atoms with Gasteiger partial charge in [0.15, 0.2) is 0 Å². The molecule has 1 atom stereocenters. The second kappa shape index (κ2) is 5.51. The van der Waals surface area contributed by atoms with Gasteiger partial charge in [0.1, 0.15) is 0 Å². The van der Waals surface area contributed by atoms with E-state index in [1.165, 1.54) is 21.2 Å². The van der Waals surface area contributed by atoms with E-state index < -0.39 is 0 Å². The maximum atomic E-state index is 4.14. The number of nitrogens with zero attached hydrogens (tertiary/aromatic N) is 1. The Labute approximate surface area is 117 Å². The van der Waals surface area contributed by atoms with Gasteiger partial charge in [-0.05, 0) is 41.5 Å². The predicted octanol–water partition coefficient (Wildman–Crippen LogP) is 4.15. The Bertz CT molecular complexity index is 661. The van der Waals surface area contributed by atoms with Crippen molar-refractivity contribution in [2.75, 3.05) is 0 Å². The molecular formula is C16H16N2S. The number of thiophene rings is 1. The molecule has 2 heterocycles. The number of hydrogen-bond acceptors (Lipinski definition) is 3. The van der Waals surface area contributed by atoms with Crippen molar-refractivity contribution in [1.82, 2.24) is 10.3 Å². The molecule has 96 valence electrons. The van der Waals surface area contributed by atoms with E-state index in [2.05, 4.69) is 59.0 Å². The molecule has 0 saturated carbocycles. The molecule has 19 heavy (non-hydrogen) atoms. The number of aromatic nitrogens is 1. The normalized spacial score (nSPS) is 12.7. The van der Waals surface area contributed by atoms with Crippen LogP contribution in [0.4, 0.5) is 0 Å². The van der Waals surface area contributed by atoms with Crippen LogP contribution in [0.2, 0.25) is 0 Å². The quantitative estimate of drug-likeness (QED) is 0.769. The fourth-order valence-electron chi connectivity index (χ4n) is 2.15. The van der Waals surface area contributed by atoms with Crippen molar-refractivity contribution in [2.45, 2.75) is 19.5 Å². The maximum Gasteiger partial charge on any atom is 0.0388 e. The largest absolute Gasteiger partial charge is 0.305 e. The summed E-state index contributed by atoms with van der Waals surface area (Å²) in [7, 11) is 0. The van der Waals surface area contributed by atoms with Gasteiger partial charge in [0.05, 0.1) is 0 Å². The Kier molecular flexibility index (Phi) is 3.58. The highest BCUT2D eigenvalue weighted by Crippen LogP contribution is 2.19. The summed E-state index contributed by atoms with van der Waals surface area (Å²) < 4.78 is 0. The van der Waals surface area contributed by atoms with Crippen molar-refractivity contribution in [3.63, 3.8) is 0 Å². The van der Waals surface area contributed by atoms with Gasteiger partial charge >= 0.3 is 0 Å². The summed E-state index contributed by atoms with van der Waals surface area (Å²) in [6, 6.07) is 13.3. The minimum atomic E-state index is 0.396. The molecule has 3 rings (SSSR count). The third-order valence-corrected chi connectivity index (χ3v) is 4.34. The van der Waals surface area contributed by atoms with Gasteiger partial charge in [-0.1, -0.05) is 18.2 Å². The van der Waals surface area contributed by atoms with E-state index >= 15 is 0 Å². The van der Waals surface area contributed by atoms with Crippen LogP contribution in [0.15, 0.2) is 54.2 Å². The van der Waals surface area contributed by atoms with Gasteiger partial charge in [-0.25, -0.2) is 0 Å². The molecule has 0 aliphatic heterocycles. The summed E-state index contributed by atoms with van der Waals surface area (Å²) in [4.78, 5) is 5.52. The molecule has 0 unspecified atom stereocenters. The SMILES string of the molecule is C[C@H](NCc1ccc2cnccc2c1)c1cccs1. The summed E-state index contributed by atoms with van der Waals surface area (Å²) in [5, 5.41) is 8.12. The highest BCUT2D eigenvalue weighted by molar-refractivity contribution is 7.10. The first-order chi connectivity index (χ1) is 9.33. The molecule has 3 aromatic rings. The number of benzene rings is 1. The van der Waals surface area contributed by atoms with Crippen LogP contribution in [0.25, 0.3) is 10.8 Å². The zero-order valence-corrected chi connectivity index (χ0v) is 11.7. The van der Waals surface area contributed by atoms with E-state index in [1.54, 1.807) is 11.3 Å². The smallest absolute Gasteiger partial charge is 0.0388 e. The third kappa shape index (κ3) is 2.83. The Morgan fingerprint density at radius 1 is 1.21 bits per heavy atom. The first-order valence-electron chi connectivity index (χ1n) is 6.42.